The average molecular weight is 524 g/mol. The first-order chi connectivity index (χ1) is 9.04. The second-order valence-electron chi connectivity index (χ2n) is 4.17. The Morgan fingerprint density at radius 2 is 2.25 bits per heavy atom. The number of carbonyl (C=O) groups excluding carboxylic acids is 1. The van der Waals surface area contributed by atoms with Crippen LogP contribution in [0.2, 0.25) is 0 Å². The van der Waals surface area contributed by atoms with Crippen LogP contribution in [-0.2, 0) is 37.5 Å². The molecule has 0 saturated carbocycles. The van der Waals surface area contributed by atoms with Gasteiger partial charge in [-0.15, -0.1) is 17.3 Å². The molecular formula is C14H14BrINO2Y-. The van der Waals surface area contributed by atoms with Crippen LogP contribution in [0.5, 0.6) is 5.75 Å². The Bertz CT molecular complexity index is 536. The molecule has 1 aromatic carbocycles. The number of carbonyl (C=O) groups is 1. The summed E-state index contributed by atoms with van der Waals surface area (Å²) in [5.74, 6) is 0.936. The first-order valence-corrected chi connectivity index (χ1v) is 8.03. The molecule has 0 aliphatic carbocycles. The molecule has 3 nitrogen and oxygen atoms in total. The van der Waals surface area contributed by atoms with Gasteiger partial charge in [0.1, 0.15) is 5.75 Å². The molecule has 1 aliphatic rings. The second kappa shape index (κ2) is 8.25. The first kappa shape index (κ1) is 18.6. The standard InChI is InChI=1S/C14H14BrINO2.Y/c1-3-19-9-4-5-10(11(15)8-9)13-7-6-12(16)14(18)17(13)2;/h4-5,8,12H,3,6H2,1-2H3;/q-1;. The fraction of sp³-hybridized carbons (Fsp3) is 0.357. The van der Waals surface area contributed by atoms with Crippen molar-refractivity contribution < 1.29 is 42.2 Å². The van der Waals surface area contributed by atoms with Gasteiger partial charge in [0.15, 0.2) is 0 Å². The van der Waals surface area contributed by atoms with Crippen molar-refractivity contribution in [1.82, 2.24) is 4.90 Å². The summed E-state index contributed by atoms with van der Waals surface area (Å²) in [5.41, 5.74) is 1.79. The van der Waals surface area contributed by atoms with Crippen LogP contribution in [0.15, 0.2) is 22.7 Å². The second-order valence-corrected chi connectivity index (χ2v) is 6.53. The molecule has 6 heteroatoms. The Hall–Kier alpha value is 0.544. The van der Waals surface area contributed by atoms with Gasteiger partial charge in [-0.2, -0.15) is 0 Å². The summed E-state index contributed by atoms with van der Waals surface area (Å²) in [6, 6.07) is 5.78. The van der Waals surface area contributed by atoms with E-state index < -0.39 is 0 Å². The van der Waals surface area contributed by atoms with E-state index in [9.17, 15) is 4.79 Å². The number of halogens is 2. The number of nitrogens with zero attached hydrogens (tertiary/aromatic N) is 1. The minimum Gasteiger partial charge on any atom is -0.494 e. The number of alkyl halides is 1. The predicted octanol–water partition coefficient (Wildman–Crippen LogP) is 3.66. The van der Waals surface area contributed by atoms with Crippen LogP contribution in [-0.4, -0.2) is 28.4 Å². The monoisotopic (exact) mass is 523 g/mol. The number of amides is 1. The molecule has 1 aromatic rings. The molecule has 2 rings (SSSR count). The van der Waals surface area contributed by atoms with E-state index in [-0.39, 0.29) is 42.5 Å². The number of benzene rings is 1. The topological polar surface area (TPSA) is 29.5 Å². The fourth-order valence-electron chi connectivity index (χ4n) is 1.93. The molecule has 0 saturated heterocycles. The predicted molar refractivity (Wildman–Crippen MR) is 87.2 cm³/mol. The molecule has 0 aromatic heterocycles. The summed E-state index contributed by atoms with van der Waals surface area (Å²) in [7, 11) is 1.79. The molecule has 0 bridgehead atoms. The molecule has 1 amide bonds. The van der Waals surface area contributed by atoms with E-state index in [0.29, 0.717) is 13.0 Å². The number of hydrogen-bond acceptors (Lipinski definition) is 2. The van der Waals surface area contributed by atoms with E-state index >= 15 is 0 Å². The van der Waals surface area contributed by atoms with E-state index in [1.165, 1.54) is 0 Å². The Kier molecular flexibility index (Phi) is 7.67. The number of rotatable bonds is 3. The van der Waals surface area contributed by atoms with E-state index in [0.717, 1.165) is 21.5 Å². The van der Waals surface area contributed by atoms with E-state index in [4.69, 9.17) is 4.74 Å². The minimum atomic E-state index is -0.0205. The van der Waals surface area contributed by atoms with Gasteiger partial charge in [-0.25, -0.2) is 6.08 Å². The maximum atomic E-state index is 12.0. The van der Waals surface area contributed by atoms with Crippen LogP contribution in [0, 0.1) is 6.08 Å². The van der Waals surface area contributed by atoms with Gasteiger partial charge >= 0.3 is 0 Å². The van der Waals surface area contributed by atoms with Crippen molar-refractivity contribution in [2.75, 3.05) is 13.7 Å². The van der Waals surface area contributed by atoms with E-state index in [1.54, 1.807) is 11.9 Å². The minimum absolute atomic E-state index is 0. The molecular weight excluding hydrogens is 510 g/mol. The zero-order chi connectivity index (χ0) is 14.0. The Labute approximate surface area is 166 Å². The van der Waals surface area contributed by atoms with Gasteiger partial charge in [-0.05, 0) is 19.1 Å². The van der Waals surface area contributed by atoms with Gasteiger partial charge in [0.2, 0.25) is 5.91 Å². The normalized spacial score (nSPS) is 18.4. The van der Waals surface area contributed by atoms with Crippen LogP contribution in [0.25, 0.3) is 5.70 Å². The molecule has 0 N–H and O–H groups in total. The smallest absolute Gasteiger partial charge is 0.235 e. The largest absolute Gasteiger partial charge is 0.494 e. The molecule has 1 aliphatic heterocycles. The fourth-order valence-corrected chi connectivity index (χ4v) is 3.12. The van der Waals surface area contributed by atoms with Crippen molar-refractivity contribution in [2.24, 2.45) is 0 Å². The maximum absolute atomic E-state index is 12.0. The third-order valence-electron chi connectivity index (χ3n) is 2.89. The number of allylic oxidation sites excluding steroid dienone is 1. The van der Waals surface area contributed by atoms with Crippen molar-refractivity contribution in [2.45, 2.75) is 17.3 Å². The van der Waals surface area contributed by atoms with Gasteiger partial charge in [0, 0.05) is 39.8 Å². The van der Waals surface area contributed by atoms with E-state index in [2.05, 4.69) is 44.6 Å². The summed E-state index contributed by atoms with van der Waals surface area (Å²) in [6.07, 6.45) is 3.95. The number of ether oxygens (including phenoxy) is 1. The first-order valence-electron chi connectivity index (χ1n) is 5.99. The summed E-state index contributed by atoms with van der Waals surface area (Å²) in [5, 5.41) is 0. The number of hydrogen-bond donors (Lipinski definition) is 0. The molecule has 1 unspecified atom stereocenters. The maximum Gasteiger partial charge on any atom is 0.235 e. The van der Waals surface area contributed by atoms with Crippen molar-refractivity contribution in [3.05, 3.63) is 34.3 Å². The SMILES string of the molecule is CCOc1ccc(C2=[C-]CC(I)C(=O)N2C)c(Br)c1.[Y]. The zero-order valence-electron chi connectivity index (χ0n) is 11.3. The average Bonchev–Trinajstić information content (AvgIpc) is 2.38. The van der Waals surface area contributed by atoms with Crippen LogP contribution in [0.4, 0.5) is 0 Å². The van der Waals surface area contributed by atoms with Gasteiger partial charge in [0.05, 0.1) is 10.5 Å². The Balaban J connectivity index is 0.00000200. The van der Waals surface area contributed by atoms with Gasteiger partial charge in [0.25, 0.3) is 0 Å². The molecule has 1 heterocycles. The summed E-state index contributed by atoms with van der Waals surface area (Å²) in [6.45, 7) is 2.59. The molecule has 1 atom stereocenters. The van der Waals surface area contributed by atoms with Gasteiger partial charge in [-0.3, -0.25) is 4.79 Å². The molecule has 20 heavy (non-hydrogen) atoms. The van der Waals surface area contributed by atoms with Crippen molar-refractivity contribution >= 4 is 50.1 Å². The van der Waals surface area contributed by atoms with Gasteiger partial charge < -0.3 is 9.64 Å². The van der Waals surface area contributed by atoms with Crippen LogP contribution < -0.4 is 4.74 Å². The third kappa shape index (κ3) is 4.05. The Morgan fingerprint density at radius 3 is 2.85 bits per heavy atom. The third-order valence-corrected chi connectivity index (χ3v) is 4.52. The van der Waals surface area contributed by atoms with Gasteiger partial charge in [-0.1, -0.05) is 49.4 Å². The van der Waals surface area contributed by atoms with E-state index in [1.807, 2.05) is 25.1 Å². The zero-order valence-corrected chi connectivity index (χ0v) is 17.9. The molecule has 0 fully saturated rings. The van der Waals surface area contributed by atoms with Crippen LogP contribution in [0.1, 0.15) is 18.9 Å². The van der Waals surface area contributed by atoms with Crippen LogP contribution >= 0.6 is 38.5 Å². The van der Waals surface area contributed by atoms with Crippen molar-refractivity contribution in [1.29, 1.82) is 0 Å². The van der Waals surface area contributed by atoms with Crippen LogP contribution in [0.3, 0.4) is 0 Å². The van der Waals surface area contributed by atoms with Crippen molar-refractivity contribution in [3.63, 3.8) is 0 Å². The summed E-state index contributed by atoms with van der Waals surface area (Å²) >= 11 is 5.69. The summed E-state index contributed by atoms with van der Waals surface area (Å²) in [4.78, 5) is 13.7. The molecule has 105 valence electrons. The van der Waals surface area contributed by atoms with Crippen molar-refractivity contribution in [3.8, 4) is 5.75 Å². The molecule has 0 spiro atoms. The summed E-state index contributed by atoms with van der Waals surface area (Å²) < 4.78 is 6.34. The quantitative estimate of drug-likeness (QED) is 0.344. The molecule has 1 radical (unpaired) electrons. The Morgan fingerprint density at radius 1 is 1.55 bits per heavy atom.